The van der Waals surface area contributed by atoms with Crippen molar-refractivity contribution >= 4 is 0 Å². The number of fused-ring (bicyclic) bond motifs is 1. The van der Waals surface area contributed by atoms with Gasteiger partial charge in [-0.2, -0.15) is 0 Å². The van der Waals surface area contributed by atoms with Gasteiger partial charge in [0.1, 0.15) is 0 Å². The summed E-state index contributed by atoms with van der Waals surface area (Å²) in [7, 11) is 0. The average Bonchev–Trinajstić information content (AvgIpc) is 2.33. The predicted molar refractivity (Wildman–Crippen MR) is 35.1 cm³/mol. The SMILES string of the molecule is [C]1=CC=C2NNCC2C1. The molecule has 0 saturated carbocycles. The van der Waals surface area contributed by atoms with Crippen molar-refractivity contribution in [2.24, 2.45) is 5.92 Å². The van der Waals surface area contributed by atoms with Crippen LogP contribution >= 0.6 is 0 Å². The standard InChI is InChI=1S/C7H9N2/c1-2-4-7-6(3-1)5-8-9-7/h2,4,6,8-9H,3,5H2. The molecule has 1 fully saturated rings. The molecule has 9 heavy (non-hydrogen) atoms. The van der Waals surface area contributed by atoms with E-state index in [9.17, 15) is 0 Å². The lowest BCUT2D eigenvalue weighted by Crippen LogP contribution is -2.20. The zero-order valence-corrected chi connectivity index (χ0v) is 5.15. The lowest BCUT2D eigenvalue weighted by Gasteiger charge is -2.08. The highest BCUT2D eigenvalue weighted by Crippen LogP contribution is 2.19. The monoisotopic (exact) mass is 121 g/mol. The van der Waals surface area contributed by atoms with Gasteiger partial charge in [-0.25, -0.2) is 5.43 Å². The number of hydrogen-bond acceptors (Lipinski definition) is 2. The van der Waals surface area contributed by atoms with Gasteiger partial charge in [-0.15, -0.1) is 0 Å². The molecule has 1 radical (unpaired) electrons. The minimum Gasteiger partial charge on any atom is -0.325 e. The van der Waals surface area contributed by atoms with Crippen LogP contribution in [0.15, 0.2) is 17.8 Å². The van der Waals surface area contributed by atoms with Crippen LogP contribution in [0.3, 0.4) is 0 Å². The van der Waals surface area contributed by atoms with Gasteiger partial charge in [-0.1, -0.05) is 6.08 Å². The van der Waals surface area contributed by atoms with Crippen LogP contribution in [0.1, 0.15) is 6.42 Å². The molecule has 0 aromatic heterocycles. The average molecular weight is 121 g/mol. The number of rotatable bonds is 0. The lowest BCUT2D eigenvalue weighted by atomic mass is 9.99. The molecular formula is C7H9N2. The molecule has 1 unspecified atom stereocenters. The van der Waals surface area contributed by atoms with Crippen LogP contribution in [0.25, 0.3) is 0 Å². The number of allylic oxidation sites excluding steroid dienone is 3. The molecule has 0 aromatic carbocycles. The smallest absolute Gasteiger partial charge is 0.0309 e. The fourth-order valence-electron chi connectivity index (χ4n) is 1.21. The topological polar surface area (TPSA) is 24.1 Å². The van der Waals surface area contributed by atoms with Crippen LogP contribution in [0, 0.1) is 12.0 Å². The van der Waals surface area contributed by atoms with Crippen molar-refractivity contribution in [1.29, 1.82) is 0 Å². The molecule has 2 rings (SSSR count). The Morgan fingerprint density at radius 3 is 3.56 bits per heavy atom. The van der Waals surface area contributed by atoms with Gasteiger partial charge in [-0.3, -0.25) is 0 Å². The van der Waals surface area contributed by atoms with E-state index in [1.807, 2.05) is 6.08 Å². The zero-order valence-electron chi connectivity index (χ0n) is 5.15. The van der Waals surface area contributed by atoms with E-state index in [1.165, 1.54) is 5.70 Å². The zero-order chi connectivity index (χ0) is 6.10. The molecule has 1 aliphatic heterocycles. The lowest BCUT2D eigenvalue weighted by molar-refractivity contribution is 0.644. The minimum absolute atomic E-state index is 0.662. The summed E-state index contributed by atoms with van der Waals surface area (Å²) in [5, 5.41) is 0. The minimum atomic E-state index is 0.662. The normalized spacial score (nSPS) is 31.1. The Kier molecular flexibility index (Phi) is 1.06. The van der Waals surface area contributed by atoms with Crippen LogP contribution in [-0.2, 0) is 0 Å². The third-order valence-corrected chi connectivity index (χ3v) is 1.77. The Morgan fingerprint density at radius 1 is 1.67 bits per heavy atom. The summed E-state index contributed by atoms with van der Waals surface area (Å²) < 4.78 is 0. The molecule has 2 aliphatic rings. The third kappa shape index (κ3) is 0.754. The summed E-state index contributed by atoms with van der Waals surface area (Å²) in [4.78, 5) is 0. The highest BCUT2D eigenvalue weighted by atomic mass is 15.4. The van der Waals surface area contributed by atoms with Crippen molar-refractivity contribution in [3.05, 3.63) is 23.9 Å². The van der Waals surface area contributed by atoms with E-state index in [2.05, 4.69) is 23.0 Å². The Morgan fingerprint density at radius 2 is 2.67 bits per heavy atom. The summed E-state index contributed by atoms with van der Waals surface area (Å²) in [6, 6.07) is 0. The van der Waals surface area contributed by atoms with Crippen molar-refractivity contribution in [1.82, 2.24) is 10.9 Å². The summed E-state index contributed by atoms with van der Waals surface area (Å²) in [6.07, 6.45) is 8.29. The Bertz CT molecular complexity index is 170. The molecule has 1 heterocycles. The van der Waals surface area contributed by atoms with Crippen molar-refractivity contribution in [3.8, 4) is 0 Å². The highest BCUT2D eigenvalue weighted by Gasteiger charge is 2.19. The number of nitrogens with one attached hydrogen (secondary N) is 2. The maximum Gasteiger partial charge on any atom is 0.0309 e. The van der Waals surface area contributed by atoms with Crippen molar-refractivity contribution in [2.75, 3.05) is 6.54 Å². The van der Waals surface area contributed by atoms with Crippen LogP contribution in [0.4, 0.5) is 0 Å². The second-order valence-electron chi connectivity index (χ2n) is 2.40. The molecule has 47 valence electrons. The second kappa shape index (κ2) is 1.88. The first-order valence-electron chi connectivity index (χ1n) is 3.22. The molecule has 0 spiro atoms. The van der Waals surface area contributed by atoms with Crippen molar-refractivity contribution in [2.45, 2.75) is 6.42 Å². The van der Waals surface area contributed by atoms with Gasteiger partial charge < -0.3 is 5.43 Å². The van der Waals surface area contributed by atoms with Crippen LogP contribution < -0.4 is 10.9 Å². The fraction of sp³-hybridized carbons (Fsp3) is 0.429. The Labute approximate surface area is 54.6 Å². The van der Waals surface area contributed by atoms with E-state index < -0.39 is 0 Å². The second-order valence-corrected chi connectivity index (χ2v) is 2.40. The molecule has 2 N–H and O–H groups in total. The van der Waals surface area contributed by atoms with E-state index >= 15 is 0 Å². The van der Waals surface area contributed by atoms with E-state index in [1.54, 1.807) is 0 Å². The first-order valence-corrected chi connectivity index (χ1v) is 3.22. The first-order chi connectivity index (χ1) is 4.47. The Balaban J connectivity index is 2.23. The van der Waals surface area contributed by atoms with Crippen LogP contribution in [-0.4, -0.2) is 6.54 Å². The van der Waals surface area contributed by atoms with E-state index in [0.717, 1.165) is 13.0 Å². The third-order valence-electron chi connectivity index (χ3n) is 1.77. The van der Waals surface area contributed by atoms with E-state index in [4.69, 9.17) is 0 Å². The van der Waals surface area contributed by atoms with Gasteiger partial charge in [0.2, 0.25) is 0 Å². The summed E-state index contributed by atoms with van der Waals surface area (Å²) in [5.41, 5.74) is 7.50. The Hall–Kier alpha value is -0.760. The summed E-state index contributed by atoms with van der Waals surface area (Å²) in [6.45, 7) is 1.05. The van der Waals surface area contributed by atoms with Gasteiger partial charge in [0.25, 0.3) is 0 Å². The largest absolute Gasteiger partial charge is 0.325 e. The molecule has 2 nitrogen and oxygen atoms in total. The van der Waals surface area contributed by atoms with Gasteiger partial charge in [0.05, 0.1) is 0 Å². The predicted octanol–water partition coefficient (Wildman–Crippen LogP) is 0.357. The van der Waals surface area contributed by atoms with Crippen LogP contribution in [0.2, 0.25) is 0 Å². The van der Waals surface area contributed by atoms with Gasteiger partial charge in [0, 0.05) is 18.2 Å². The van der Waals surface area contributed by atoms with Gasteiger partial charge >= 0.3 is 0 Å². The molecule has 0 amide bonds. The van der Waals surface area contributed by atoms with Crippen molar-refractivity contribution in [3.63, 3.8) is 0 Å². The number of hydrogen-bond donors (Lipinski definition) is 2. The fourth-order valence-corrected chi connectivity index (χ4v) is 1.21. The molecule has 1 aliphatic carbocycles. The molecule has 1 atom stereocenters. The summed E-state index contributed by atoms with van der Waals surface area (Å²) >= 11 is 0. The molecule has 2 heteroatoms. The highest BCUT2D eigenvalue weighted by molar-refractivity contribution is 5.19. The van der Waals surface area contributed by atoms with Gasteiger partial charge in [0.15, 0.2) is 0 Å². The maximum atomic E-state index is 3.17. The van der Waals surface area contributed by atoms with E-state index in [-0.39, 0.29) is 0 Å². The quantitative estimate of drug-likeness (QED) is 0.483. The van der Waals surface area contributed by atoms with Crippen LogP contribution in [0.5, 0.6) is 0 Å². The maximum absolute atomic E-state index is 3.17. The van der Waals surface area contributed by atoms with Crippen molar-refractivity contribution < 1.29 is 0 Å². The summed E-state index contributed by atoms with van der Waals surface area (Å²) in [5.74, 6) is 0.662. The molecular weight excluding hydrogens is 112 g/mol. The van der Waals surface area contributed by atoms with E-state index in [0.29, 0.717) is 5.92 Å². The molecule has 1 saturated heterocycles. The number of hydrazine groups is 1. The first kappa shape index (κ1) is 5.06. The molecule has 0 bridgehead atoms. The molecule has 0 aromatic rings. The van der Waals surface area contributed by atoms with Gasteiger partial charge in [-0.05, 0) is 18.6 Å².